The Morgan fingerprint density at radius 1 is 0.957 bits per heavy atom. The van der Waals surface area contributed by atoms with Crippen molar-refractivity contribution in [3.05, 3.63) is 75.3 Å². The molecule has 3 N–H and O–H groups in total. The van der Waals surface area contributed by atoms with Crippen molar-refractivity contribution in [1.29, 1.82) is 0 Å². The number of urea groups is 1. The maximum atomic E-state index is 14.2. The molecule has 2 unspecified atom stereocenters. The van der Waals surface area contributed by atoms with Gasteiger partial charge in [0.2, 0.25) is 0 Å². The van der Waals surface area contributed by atoms with Crippen molar-refractivity contribution >= 4 is 35.2 Å². The molecule has 3 aliphatic heterocycles. The fourth-order valence-corrected chi connectivity index (χ4v) is 7.91. The number of piperidine rings is 1. The van der Waals surface area contributed by atoms with E-state index in [1.165, 1.54) is 0 Å². The molecule has 9 nitrogen and oxygen atoms in total. The van der Waals surface area contributed by atoms with E-state index in [9.17, 15) is 14.4 Å². The van der Waals surface area contributed by atoms with Gasteiger partial charge in [-0.25, -0.2) is 9.59 Å². The number of amides is 3. The summed E-state index contributed by atoms with van der Waals surface area (Å²) in [7, 11) is 0. The number of ketones is 1. The van der Waals surface area contributed by atoms with Crippen LogP contribution < -0.4 is 10.6 Å². The van der Waals surface area contributed by atoms with Gasteiger partial charge in [0.1, 0.15) is 0 Å². The van der Waals surface area contributed by atoms with E-state index in [1.54, 1.807) is 4.90 Å². The minimum Gasteiger partial charge on any atom is -0.437 e. The first-order valence-corrected chi connectivity index (χ1v) is 17.8. The van der Waals surface area contributed by atoms with Crippen LogP contribution in [0.15, 0.2) is 48.0 Å². The number of nitrogens with two attached hydrogens (primary N) is 1. The van der Waals surface area contributed by atoms with Crippen LogP contribution in [0.4, 0.5) is 15.3 Å². The van der Waals surface area contributed by atoms with Crippen molar-refractivity contribution in [3.8, 4) is 0 Å². The van der Waals surface area contributed by atoms with E-state index in [0.29, 0.717) is 56.4 Å². The van der Waals surface area contributed by atoms with Crippen molar-refractivity contribution in [3.63, 3.8) is 0 Å². The number of hydrogen-bond acceptors (Lipinski definition) is 5. The minimum atomic E-state index is -0.914. The topological polar surface area (TPSA) is 98.8 Å². The van der Waals surface area contributed by atoms with E-state index in [-0.39, 0.29) is 17.9 Å². The van der Waals surface area contributed by atoms with Crippen molar-refractivity contribution in [2.75, 3.05) is 51.1 Å². The van der Waals surface area contributed by atoms with Gasteiger partial charge in [-0.05, 0) is 92.7 Å². The van der Waals surface area contributed by atoms with E-state index in [2.05, 4.69) is 27.7 Å². The molecule has 0 radical (unpaired) electrons. The molecule has 3 heterocycles. The number of Topliss-reactive ketones (excluding diaryl/α,β-unsaturated/α-hetero) is 1. The summed E-state index contributed by atoms with van der Waals surface area (Å²) in [5.41, 5.74) is 5.60. The summed E-state index contributed by atoms with van der Waals surface area (Å²) >= 11 is 6.46. The Labute approximate surface area is 283 Å². The molecule has 2 aromatic rings. The van der Waals surface area contributed by atoms with Gasteiger partial charge in [-0.3, -0.25) is 9.69 Å². The van der Waals surface area contributed by atoms with Gasteiger partial charge in [-0.1, -0.05) is 48.0 Å². The van der Waals surface area contributed by atoms with Crippen LogP contribution in [0, 0.1) is 13.8 Å². The number of rotatable bonds is 7. The number of fused-ring (bicyclic) bond motifs is 1. The third kappa shape index (κ3) is 8.02. The second-order valence-corrected chi connectivity index (χ2v) is 14.0. The second-order valence-electron chi connectivity index (χ2n) is 13.6. The molecule has 6 rings (SSSR count). The molecule has 2 fully saturated rings. The fraction of sp³-hybridized carbons (Fsp3) is 0.541. The first-order valence-electron chi connectivity index (χ1n) is 17.4. The number of nitrogens with one attached hydrogen (secondary N) is 1. The smallest absolute Gasteiger partial charge is 0.410 e. The molecule has 2 saturated heterocycles. The lowest BCUT2D eigenvalue weighted by Gasteiger charge is -2.37. The maximum absolute atomic E-state index is 14.2. The number of hydrogen-bond donors (Lipinski definition) is 2. The zero-order valence-electron chi connectivity index (χ0n) is 27.8. The molecule has 4 aliphatic rings. The Kier molecular flexibility index (Phi) is 10.8. The van der Waals surface area contributed by atoms with Gasteiger partial charge in [0.25, 0.3) is 0 Å². The first kappa shape index (κ1) is 33.5. The summed E-state index contributed by atoms with van der Waals surface area (Å²) < 4.78 is 6.12. The van der Waals surface area contributed by atoms with E-state index >= 15 is 0 Å². The normalized spacial score (nSPS) is 22.0. The van der Waals surface area contributed by atoms with Gasteiger partial charge in [-0.2, -0.15) is 0 Å². The van der Waals surface area contributed by atoms with Gasteiger partial charge in [0.15, 0.2) is 11.9 Å². The third-order valence-electron chi connectivity index (χ3n) is 10.5. The number of benzene rings is 2. The number of likely N-dealkylation sites (tertiary alicyclic amines) is 1. The van der Waals surface area contributed by atoms with Crippen LogP contribution in [-0.4, -0.2) is 96.6 Å². The van der Waals surface area contributed by atoms with Crippen LogP contribution in [0.3, 0.4) is 0 Å². The predicted octanol–water partition coefficient (Wildman–Crippen LogP) is 4.88. The molecule has 2 atom stereocenters. The molecular weight excluding hydrogens is 614 g/mol. The number of carbonyl (C=O) groups excluding carboxylic acids is 3. The largest absolute Gasteiger partial charge is 0.437 e. The first-order chi connectivity index (χ1) is 22.8. The molecule has 0 saturated carbocycles. The molecule has 2 aromatic carbocycles. The van der Waals surface area contributed by atoms with Gasteiger partial charge in [-0.15, -0.1) is 0 Å². The van der Waals surface area contributed by atoms with Crippen LogP contribution in [0.25, 0.3) is 0 Å². The molecule has 0 spiro atoms. The zero-order valence-corrected chi connectivity index (χ0v) is 28.6. The number of nitrogens with zero attached hydrogens (tertiary/aromatic N) is 3. The Morgan fingerprint density at radius 3 is 2.43 bits per heavy atom. The number of allylic oxidation sites excluding steroid dienone is 1. The number of aryl methyl sites for hydroxylation is 2. The van der Waals surface area contributed by atoms with Gasteiger partial charge in [0.05, 0.1) is 13.1 Å². The lowest BCUT2D eigenvalue weighted by molar-refractivity contribution is -0.663. The summed E-state index contributed by atoms with van der Waals surface area (Å²) in [6, 6.07) is 12.3. The number of anilines is 1. The predicted molar refractivity (Wildman–Crippen MR) is 184 cm³/mol. The molecule has 47 heavy (non-hydrogen) atoms. The van der Waals surface area contributed by atoms with Crippen LogP contribution in [-0.2, 0) is 22.4 Å². The van der Waals surface area contributed by atoms with E-state index in [1.807, 2.05) is 49.1 Å². The van der Waals surface area contributed by atoms with Crippen LogP contribution in [0.2, 0.25) is 5.02 Å². The summed E-state index contributed by atoms with van der Waals surface area (Å²) in [5.74, 6) is -0.0908. The average Bonchev–Trinajstić information content (AvgIpc) is 3.43. The quantitative estimate of drug-likeness (QED) is 0.441. The molecule has 3 amide bonds. The summed E-state index contributed by atoms with van der Waals surface area (Å²) in [4.78, 5) is 47.1. The third-order valence-corrected chi connectivity index (χ3v) is 11.1. The maximum Gasteiger partial charge on any atom is 0.410 e. The summed E-state index contributed by atoms with van der Waals surface area (Å²) in [5, 5.41) is 6.14. The number of quaternary nitrogens is 1. The number of para-hydroxylation sites is 1. The van der Waals surface area contributed by atoms with E-state index in [4.69, 9.17) is 16.3 Å². The Hall–Kier alpha value is -3.40. The fourth-order valence-electron chi connectivity index (χ4n) is 7.80. The number of ether oxygens (including phenoxy) is 1. The Balaban J connectivity index is 1.11. The highest BCUT2D eigenvalue weighted by Gasteiger charge is 2.35. The number of piperazine rings is 1. The average molecular weight is 663 g/mol. The number of carbonyl (C=O) groups is 3. The van der Waals surface area contributed by atoms with Crippen LogP contribution >= 0.6 is 11.6 Å². The van der Waals surface area contributed by atoms with Gasteiger partial charge >= 0.3 is 12.1 Å². The standard InChI is InChI=1S/C37H48ClN5O4/c1-25-22-27(23-26(2)34(25)38)24-33(35(44)29-7-5-8-30(11-10-29)41-20-15-39-16-21-41)47-37(46)42-17-13-31(14-18-42)43-19-12-28-6-3-4-9-32(28)40-36(43)45/h3-4,6-7,9,22-23,30-31,33,39H,5,8,10-21,24H2,1-2H3,(H,40,45)/p+1. The van der Waals surface area contributed by atoms with E-state index in [0.717, 1.165) is 85.4 Å². The summed E-state index contributed by atoms with van der Waals surface area (Å²) in [6.45, 7) is 9.95. The van der Waals surface area contributed by atoms with E-state index < -0.39 is 12.2 Å². The second kappa shape index (κ2) is 15.2. The highest BCUT2D eigenvalue weighted by Crippen LogP contribution is 2.28. The molecule has 0 aromatic heterocycles. The molecule has 252 valence electrons. The van der Waals surface area contributed by atoms with Crippen molar-refractivity contribution < 1.29 is 24.4 Å². The minimum absolute atomic E-state index is 0.0349. The Bertz CT molecular complexity index is 1470. The SMILES string of the molecule is Cc1cc(CC(OC(=O)N2CCC(N3CCc4ccccc4NC3=O)CC2)C(=O)C2=CCCC(N3CC[NH2+]CC3)CC2)cc(C)c1Cl. The monoisotopic (exact) mass is 662 g/mol. The summed E-state index contributed by atoms with van der Waals surface area (Å²) in [6.07, 6.45) is 6.67. The van der Waals surface area contributed by atoms with Crippen LogP contribution in [0.1, 0.15) is 60.8 Å². The highest BCUT2D eigenvalue weighted by molar-refractivity contribution is 6.32. The lowest BCUT2D eigenvalue weighted by atomic mass is 9.95. The van der Waals surface area contributed by atoms with Crippen LogP contribution in [0.5, 0.6) is 0 Å². The Morgan fingerprint density at radius 2 is 1.68 bits per heavy atom. The molecular formula is C37H49ClN5O4+. The number of halogens is 1. The highest BCUT2D eigenvalue weighted by atomic mass is 35.5. The van der Waals surface area contributed by atoms with Gasteiger partial charge in [0, 0.05) is 61.9 Å². The van der Waals surface area contributed by atoms with Crippen molar-refractivity contribution in [2.24, 2.45) is 0 Å². The zero-order chi connectivity index (χ0) is 32.9. The van der Waals surface area contributed by atoms with Crippen molar-refractivity contribution in [2.45, 2.75) is 83.4 Å². The van der Waals surface area contributed by atoms with Gasteiger partial charge < -0.3 is 25.2 Å². The lowest BCUT2D eigenvalue weighted by Crippen LogP contribution is -2.90. The molecule has 1 aliphatic carbocycles. The molecule has 0 bridgehead atoms. The molecule has 10 heteroatoms. The van der Waals surface area contributed by atoms with Crippen molar-refractivity contribution in [1.82, 2.24) is 14.7 Å².